The molecule has 0 bridgehead atoms. The van der Waals surface area contributed by atoms with E-state index in [1.54, 1.807) is 0 Å². The Bertz CT molecular complexity index is 972. The van der Waals surface area contributed by atoms with Gasteiger partial charge in [-0.05, 0) is 69.7 Å². The number of ether oxygens (including phenoxy) is 1. The highest BCUT2D eigenvalue weighted by Crippen LogP contribution is 2.33. The molecule has 0 amide bonds. The van der Waals surface area contributed by atoms with E-state index in [2.05, 4.69) is 61.7 Å². The van der Waals surface area contributed by atoms with Crippen molar-refractivity contribution < 1.29 is 9.53 Å². The fourth-order valence-corrected chi connectivity index (χ4v) is 3.82. The summed E-state index contributed by atoms with van der Waals surface area (Å²) in [7, 11) is 0. The molecule has 1 aromatic carbocycles. The number of carbonyl (C=O) groups is 1. The standard InChI is InChI=1S/C24H30N2O2/c1-5-20-14-15-22-24(19-11-9-10-17(3)16-19)21(18(4)25-26(20)22)12-7-8-13-23(27)28-6-2/h9-11,14-16H,5-8,12-13H2,1-4H3. The van der Waals surface area contributed by atoms with Crippen LogP contribution in [0.5, 0.6) is 0 Å². The Morgan fingerprint density at radius 2 is 1.93 bits per heavy atom. The van der Waals surface area contributed by atoms with Crippen LogP contribution in [0.15, 0.2) is 36.4 Å². The molecule has 0 N–H and O–H groups in total. The zero-order valence-electron chi connectivity index (χ0n) is 17.4. The number of carbonyl (C=O) groups excluding carboxylic acids is 1. The second kappa shape index (κ2) is 9.05. The van der Waals surface area contributed by atoms with Crippen molar-refractivity contribution in [2.45, 2.75) is 59.8 Å². The van der Waals surface area contributed by atoms with Crippen LogP contribution in [0.3, 0.4) is 0 Å². The van der Waals surface area contributed by atoms with E-state index in [1.165, 1.54) is 27.9 Å². The lowest BCUT2D eigenvalue weighted by molar-refractivity contribution is -0.143. The van der Waals surface area contributed by atoms with Crippen LogP contribution in [0.2, 0.25) is 0 Å². The van der Waals surface area contributed by atoms with Gasteiger partial charge < -0.3 is 4.74 Å². The molecule has 0 radical (unpaired) electrons. The van der Waals surface area contributed by atoms with Gasteiger partial charge >= 0.3 is 5.97 Å². The van der Waals surface area contributed by atoms with Gasteiger partial charge in [0.05, 0.1) is 17.8 Å². The Labute approximate surface area is 167 Å². The molecule has 4 nitrogen and oxygen atoms in total. The lowest BCUT2D eigenvalue weighted by atomic mass is 9.94. The largest absolute Gasteiger partial charge is 0.466 e. The van der Waals surface area contributed by atoms with Gasteiger partial charge in [-0.3, -0.25) is 4.79 Å². The van der Waals surface area contributed by atoms with E-state index < -0.39 is 0 Å². The number of aryl methyl sites for hydroxylation is 3. The van der Waals surface area contributed by atoms with Crippen molar-refractivity contribution in [2.75, 3.05) is 6.61 Å². The van der Waals surface area contributed by atoms with Gasteiger partial charge in [0.2, 0.25) is 0 Å². The quantitative estimate of drug-likeness (QED) is 0.386. The summed E-state index contributed by atoms with van der Waals surface area (Å²) in [6, 6.07) is 13.0. The molecule has 0 spiro atoms. The fourth-order valence-electron chi connectivity index (χ4n) is 3.82. The van der Waals surface area contributed by atoms with Crippen molar-refractivity contribution in [1.29, 1.82) is 0 Å². The number of esters is 1. The number of unbranched alkanes of at least 4 members (excludes halogenated alkanes) is 1. The summed E-state index contributed by atoms with van der Waals surface area (Å²) in [6.45, 7) is 8.68. The molecule has 0 saturated carbocycles. The minimum absolute atomic E-state index is 0.106. The zero-order valence-corrected chi connectivity index (χ0v) is 17.4. The molecule has 0 aliphatic heterocycles. The van der Waals surface area contributed by atoms with Crippen molar-refractivity contribution >= 4 is 11.5 Å². The van der Waals surface area contributed by atoms with Gasteiger partial charge in [-0.25, -0.2) is 4.52 Å². The van der Waals surface area contributed by atoms with Crippen molar-refractivity contribution in [3.63, 3.8) is 0 Å². The van der Waals surface area contributed by atoms with Crippen LogP contribution in [0.1, 0.15) is 55.6 Å². The maximum Gasteiger partial charge on any atom is 0.305 e. The summed E-state index contributed by atoms with van der Waals surface area (Å²) < 4.78 is 7.13. The van der Waals surface area contributed by atoms with Crippen molar-refractivity contribution in [1.82, 2.24) is 9.61 Å². The summed E-state index contributed by atoms with van der Waals surface area (Å²) in [5, 5.41) is 4.88. The summed E-state index contributed by atoms with van der Waals surface area (Å²) in [4.78, 5) is 11.6. The third kappa shape index (κ3) is 4.27. The SMILES string of the molecule is CCOC(=O)CCCCc1c(C)nn2c(CC)ccc2c1-c1cccc(C)c1. The number of hydrogen-bond donors (Lipinski definition) is 0. The first-order valence-electron chi connectivity index (χ1n) is 10.3. The van der Waals surface area contributed by atoms with Crippen molar-refractivity contribution in [2.24, 2.45) is 0 Å². The number of fused-ring (bicyclic) bond motifs is 1. The molecule has 2 heterocycles. The van der Waals surface area contributed by atoms with E-state index in [-0.39, 0.29) is 5.97 Å². The van der Waals surface area contributed by atoms with Crippen LogP contribution >= 0.6 is 0 Å². The second-order valence-electron chi connectivity index (χ2n) is 7.30. The zero-order chi connectivity index (χ0) is 20.1. The van der Waals surface area contributed by atoms with Crippen LogP contribution < -0.4 is 0 Å². The van der Waals surface area contributed by atoms with Gasteiger partial charge in [0.1, 0.15) is 0 Å². The summed E-state index contributed by atoms with van der Waals surface area (Å²) in [6.07, 6.45) is 4.11. The number of hydrogen-bond acceptors (Lipinski definition) is 3. The van der Waals surface area contributed by atoms with Crippen molar-refractivity contribution in [3.8, 4) is 11.1 Å². The van der Waals surface area contributed by atoms with E-state index in [9.17, 15) is 4.79 Å². The second-order valence-corrected chi connectivity index (χ2v) is 7.30. The third-order valence-corrected chi connectivity index (χ3v) is 5.21. The summed E-state index contributed by atoms with van der Waals surface area (Å²) >= 11 is 0. The minimum Gasteiger partial charge on any atom is -0.466 e. The van der Waals surface area contributed by atoms with Crippen LogP contribution in [0.4, 0.5) is 0 Å². The molecule has 3 aromatic rings. The molecule has 0 aliphatic rings. The smallest absolute Gasteiger partial charge is 0.305 e. The highest BCUT2D eigenvalue weighted by Gasteiger charge is 2.16. The minimum atomic E-state index is -0.106. The molecule has 2 aromatic heterocycles. The van der Waals surface area contributed by atoms with Gasteiger partial charge in [-0.1, -0.05) is 36.8 Å². The van der Waals surface area contributed by atoms with E-state index in [0.29, 0.717) is 13.0 Å². The average Bonchev–Trinajstić information content (AvgIpc) is 3.07. The molecule has 3 rings (SSSR count). The fraction of sp³-hybridized carbons (Fsp3) is 0.417. The van der Waals surface area contributed by atoms with Gasteiger partial charge in [0.25, 0.3) is 0 Å². The molecule has 0 fully saturated rings. The topological polar surface area (TPSA) is 43.6 Å². The van der Waals surface area contributed by atoms with Crippen molar-refractivity contribution in [3.05, 3.63) is 58.9 Å². The molecular formula is C24H30N2O2. The summed E-state index contributed by atoms with van der Waals surface area (Å²) in [5.41, 5.74) is 8.48. The predicted molar refractivity (Wildman–Crippen MR) is 114 cm³/mol. The monoisotopic (exact) mass is 378 g/mol. The lowest BCUT2D eigenvalue weighted by Crippen LogP contribution is -2.07. The van der Waals surface area contributed by atoms with Crippen LogP contribution in [0, 0.1) is 13.8 Å². The first-order valence-corrected chi connectivity index (χ1v) is 10.3. The van der Waals surface area contributed by atoms with Gasteiger partial charge in [0, 0.05) is 17.7 Å². The maximum absolute atomic E-state index is 11.6. The molecule has 0 aliphatic carbocycles. The normalized spacial score (nSPS) is 11.1. The molecule has 4 heteroatoms. The molecular weight excluding hydrogens is 348 g/mol. The van der Waals surface area contributed by atoms with E-state index >= 15 is 0 Å². The molecule has 0 atom stereocenters. The molecule has 28 heavy (non-hydrogen) atoms. The first-order chi connectivity index (χ1) is 13.5. The number of nitrogens with zero attached hydrogens (tertiary/aromatic N) is 2. The molecule has 0 unspecified atom stereocenters. The highest BCUT2D eigenvalue weighted by atomic mass is 16.5. The molecule has 0 saturated heterocycles. The average molecular weight is 379 g/mol. The predicted octanol–water partition coefficient (Wildman–Crippen LogP) is 5.46. The first kappa shape index (κ1) is 20.1. The Hall–Kier alpha value is -2.62. The Morgan fingerprint density at radius 3 is 2.64 bits per heavy atom. The number of rotatable bonds is 8. The summed E-state index contributed by atoms with van der Waals surface area (Å²) in [5.74, 6) is -0.106. The van der Waals surface area contributed by atoms with E-state index in [0.717, 1.165) is 36.9 Å². The lowest BCUT2D eigenvalue weighted by Gasteiger charge is -2.16. The Kier molecular flexibility index (Phi) is 6.50. The Balaban J connectivity index is 1.97. The maximum atomic E-state index is 11.6. The van der Waals surface area contributed by atoms with Crippen LogP contribution in [-0.2, 0) is 22.4 Å². The van der Waals surface area contributed by atoms with E-state index in [1.807, 2.05) is 6.92 Å². The Morgan fingerprint density at radius 1 is 1.11 bits per heavy atom. The third-order valence-electron chi connectivity index (χ3n) is 5.21. The van der Waals surface area contributed by atoms with Crippen LogP contribution in [0.25, 0.3) is 16.6 Å². The number of benzene rings is 1. The van der Waals surface area contributed by atoms with E-state index in [4.69, 9.17) is 9.84 Å². The molecule has 148 valence electrons. The number of aromatic nitrogens is 2. The van der Waals surface area contributed by atoms with Gasteiger partial charge in [-0.2, -0.15) is 5.10 Å². The van der Waals surface area contributed by atoms with Gasteiger partial charge in [0.15, 0.2) is 0 Å². The highest BCUT2D eigenvalue weighted by molar-refractivity contribution is 5.84. The van der Waals surface area contributed by atoms with Crippen LogP contribution in [-0.4, -0.2) is 22.2 Å². The van der Waals surface area contributed by atoms with Gasteiger partial charge in [-0.15, -0.1) is 0 Å².